The molecule has 27 heavy (non-hydrogen) atoms. The standard InChI is InChI=1S/C20H28O6S/c1-3-25-13-6-4-12(5-7-13)9-15-11(2)8-16(27-15)20-19(24)18(23)17(22)14(10-21)26-20/h4-7,14,16-24H,3,8-10H2,1-2H3/t14-,16?,17-,18+,19-,20+/m1/s1. The Labute approximate surface area is 163 Å². The Balaban J connectivity index is 1.65. The maximum Gasteiger partial charge on any atom is 0.119 e. The van der Waals surface area contributed by atoms with Crippen molar-refractivity contribution < 1.29 is 29.9 Å². The van der Waals surface area contributed by atoms with Crippen molar-refractivity contribution in [1.29, 1.82) is 0 Å². The van der Waals surface area contributed by atoms with Gasteiger partial charge in [0.15, 0.2) is 0 Å². The number of ether oxygens (including phenoxy) is 2. The van der Waals surface area contributed by atoms with E-state index < -0.39 is 37.1 Å². The first-order valence-electron chi connectivity index (χ1n) is 9.32. The SMILES string of the molecule is CCOc1ccc(CC2=C(C)CC([C@@H]3O[C@H](CO)[C@@H](O)[C@H](O)[C@H]3O)S2)cc1. The number of thioether (sulfide) groups is 1. The van der Waals surface area contributed by atoms with Crippen LogP contribution in [0.4, 0.5) is 0 Å². The molecule has 0 amide bonds. The van der Waals surface area contributed by atoms with Gasteiger partial charge in [0.25, 0.3) is 0 Å². The molecule has 1 unspecified atom stereocenters. The van der Waals surface area contributed by atoms with Crippen LogP contribution in [0.25, 0.3) is 0 Å². The molecule has 6 atom stereocenters. The van der Waals surface area contributed by atoms with E-state index in [1.807, 2.05) is 31.2 Å². The molecule has 0 radical (unpaired) electrons. The zero-order valence-electron chi connectivity index (χ0n) is 15.6. The minimum Gasteiger partial charge on any atom is -0.494 e. The van der Waals surface area contributed by atoms with Crippen molar-refractivity contribution in [3.8, 4) is 5.75 Å². The Kier molecular flexibility index (Phi) is 6.83. The van der Waals surface area contributed by atoms with Crippen LogP contribution in [0.2, 0.25) is 0 Å². The van der Waals surface area contributed by atoms with Crippen LogP contribution in [0, 0.1) is 0 Å². The maximum atomic E-state index is 10.4. The summed E-state index contributed by atoms with van der Waals surface area (Å²) in [6.07, 6.45) is -3.79. The molecule has 0 spiro atoms. The van der Waals surface area contributed by atoms with Crippen LogP contribution >= 0.6 is 11.8 Å². The van der Waals surface area contributed by atoms with Crippen molar-refractivity contribution in [2.24, 2.45) is 0 Å². The number of hydrogen-bond donors (Lipinski definition) is 4. The summed E-state index contributed by atoms with van der Waals surface area (Å²) in [6.45, 7) is 4.27. The number of rotatable bonds is 6. The van der Waals surface area contributed by atoms with Gasteiger partial charge in [0.1, 0.15) is 30.2 Å². The molecule has 3 rings (SSSR count). The minimum absolute atomic E-state index is 0.0612. The molecule has 1 aromatic rings. The Morgan fingerprint density at radius 2 is 1.81 bits per heavy atom. The van der Waals surface area contributed by atoms with E-state index in [1.54, 1.807) is 11.8 Å². The van der Waals surface area contributed by atoms with Crippen molar-refractivity contribution in [3.63, 3.8) is 0 Å². The van der Waals surface area contributed by atoms with E-state index in [0.717, 1.165) is 18.6 Å². The minimum atomic E-state index is -1.32. The molecule has 2 aliphatic rings. The topological polar surface area (TPSA) is 99.4 Å². The summed E-state index contributed by atoms with van der Waals surface area (Å²) in [5, 5.41) is 39.7. The van der Waals surface area contributed by atoms with Crippen LogP contribution in [-0.2, 0) is 11.2 Å². The fraction of sp³-hybridized carbons (Fsp3) is 0.600. The quantitative estimate of drug-likeness (QED) is 0.574. The van der Waals surface area contributed by atoms with Crippen molar-refractivity contribution in [2.45, 2.75) is 62.5 Å². The molecule has 0 aliphatic carbocycles. The maximum absolute atomic E-state index is 10.4. The number of aliphatic hydroxyl groups is 4. The molecule has 4 N–H and O–H groups in total. The Morgan fingerprint density at radius 1 is 1.11 bits per heavy atom. The summed E-state index contributed by atoms with van der Waals surface area (Å²) in [5.74, 6) is 0.852. The summed E-state index contributed by atoms with van der Waals surface area (Å²) < 4.78 is 11.2. The average molecular weight is 397 g/mol. The lowest BCUT2D eigenvalue weighted by atomic mass is 9.91. The van der Waals surface area contributed by atoms with Gasteiger partial charge in [0.05, 0.1) is 19.3 Å². The highest BCUT2D eigenvalue weighted by Gasteiger charge is 2.47. The predicted octanol–water partition coefficient (Wildman–Crippen LogP) is 1.25. The van der Waals surface area contributed by atoms with Crippen LogP contribution in [0.5, 0.6) is 5.75 Å². The Morgan fingerprint density at radius 3 is 2.44 bits per heavy atom. The highest BCUT2D eigenvalue weighted by molar-refractivity contribution is 8.04. The second kappa shape index (κ2) is 8.94. The molecule has 0 bridgehead atoms. The summed E-state index contributed by atoms with van der Waals surface area (Å²) in [7, 11) is 0. The fourth-order valence-corrected chi connectivity index (χ4v) is 5.20. The molecule has 1 aromatic carbocycles. The molecule has 1 fully saturated rings. The van der Waals surface area contributed by atoms with Crippen LogP contribution in [0.1, 0.15) is 25.8 Å². The molecule has 6 nitrogen and oxygen atoms in total. The van der Waals surface area contributed by atoms with Gasteiger partial charge >= 0.3 is 0 Å². The molecule has 2 aliphatic heterocycles. The smallest absolute Gasteiger partial charge is 0.119 e. The van der Waals surface area contributed by atoms with Gasteiger partial charge in [-0.15, -0.1) is 11.8 Å². The molecular weight excluding hydrogens is 368 g/mol. The van der Waals surface area contributed by atoms with E-state index in [1.165, 1.54) is 16.0 Å². The molecule has 0 saturated carbocycles. The van der Waals surface area contributed by atoms with E-state index in [2.05, 4.69) is 6.92 Å². The predicted molar refractivity (Wildman–Crippen MR) is 104 cm³/mol. The molecule has 2 heterocycles. The Bertz CT molecular complexity index is 659. The summed E-state index contributed by atoms with van der Waals surface area (Å²) in [5.41, 5.74) is 2.41. The van der Waals surface area contributed by atoms with Crippen molar-refractivity contribution in [2.75, 3.05) is 13.2 Å². The lowest BCUT2D eigenvalue weighted by Crippen LogP contribution is -2.60. The van der Waals surface area contributed by atoms with Crippen LogP contribution in [-0.4, -0.2) is 69.4 Å². The van der Waals surface area contributed by atoms with E-state index in [4.69, 9.17) is 9.47 Å². The third-order valence-electron chi connectivity index (χ3n) is 5.17. The molecule has 7 heteroatoms. The lowest BCUT2D eigenvalue weighted by molar-refractivity contribution is -0.228. The highest BCUT2D eigenvalue weighted by atomic mass is 32.2. The molecular formula is C20H28O6S. The zero-order chi connectivity index (χ0) is 19.6. The second-order valence-electron chi connectivity index (χ2n) is 7.11. The van der Waals surface area contributed by atoms with Gasteiger partial charge in [-0.2, -0.15) is 0 Å². The number of allylic oxidation sites excluding steroid dienone is 2. The normalized spacial score (nSPS) is 34.1. The van der Waals surface area contributed by atoms with Gasteiger partial charge in [-0.05, 0) is 42.9 Å². The van der Waals surface area contributed by atoms with Gasteiger partial charge in [-0.1, -0.05) is 17.7 Å². The van der Waals surface area contributed by atoms with Gasteiger partial charge in [-0.25, -0.2) is 0 Å². The van der Waals surface area contributed by atoms with Crippen LogP contribution < -0.4 is 4.74 Å². The van der Waals surface area contributed by atoms with Gasteiger partial charge < -0.3 is 29.9 Å². The monoisotopic (exact) mass is 396 g/mol. The number of hydrogen-bond acceptors (Lipinski definition) is 7. The first-order valence-corrected chi connectivity index (χ1v) is 10.2. The Hall–Kier alpha value is -1.09. The third-order valence-corrected chi connectivity index (χ3v) is 6.69. The highest BCUT2D eigenvalue weighted by Crippen LogP contribution is 2.44. The second-order valence-corrected chi connectivity index (χ2v) is 8.45. The van der Waals surface area contributed by atoms with Gasteiger partial charge in [0, 0.05) is 11.7 Å². The van der Waals surface area contributed by atoms with E-state index >= 15 is 0 Å². The van der Waals surface area contributed by atoms with Gasteiger partial charge in [-0.3, -0.25) is 0 Å². The van der Waals surface area contributed by atoms with E-state index in [-0.39, 0.29) is 5.25 Å². The number of aliphatic hydroxyl groups excluding tert-OH is 4. The zero-order valence-corrected chi connectivity index (χ0v) is 16.4. The molecule has 150 valence electrons. The van der Waals surface area contributed by atoms with Crippen molar-refractivity contribution in [3.05, 3.63) is 40.3 Å². The third kappa shape index (κ3) is 4.50. The van der Waals surface area contributed by atoms with Crippen molar-refractivity contribution in [1.82, 2.24) is 0 Å². The van der Waals surface area contributed by atoms with Crippen molar-refractivity contribution >= 4 is 11.8 Å². The van der Waals surface area contributed by atoms with Gasteiger partial charge in [0.2, 0.25) is 0 Å². The summed E-state index contributed by atoms with van der Waals surface area (Å²) in [6, 6.07) is 8.02. The number of benzene rings is 1. The molecule has 0 aromatic heterocycles. The average Bonchev–Trinajstić information content (AvgIpc) is 3.02. The summed E-state index contributed by atoms with van der Waals surface area (Å²) >= 11 is 1.64. The first kappa shape index (κ1) is 20.6. The molecule has 1 saturated heterocycles. The summed E-state index contributed by atoms with van der Waals surface area (Å²) in [4.78, 5) is 1.22. The van der Waals surface area contributed by atoms with Crippen LogP contribution in [0.3, 0.4) is 0 Å². The largest absolute Gasteiger partial charge is 0.494 e. The first-order chi connectivity index (χ1) is 12.9. The van der Waals surface area contributed by atoms with E-state index in [9.17, 15) is 20.4 Å². The van der Waals surface area contributed by atoms with Crippen LogP contribution in [0.15, 0.2) is 34.7 Å². The van der Waals surface area contributed by atoms with E-state index in [0.29, 0.717) is 6.61 Å². The lowest BCUT2D eigenvalue weighted by Gasteiger charge is -2.42. The fourth-order valence-electron chi connectivity index (χ4n) is 3.61.